The van der Waals surface area contributed by atoms with E-state index in [-0.39, 0.29) is 6.61 Å². The molecule has 120 valence electrons. The van der Waals surface area contributed by atoms with E-state index in [9.17, 15) is 9.18 Å². The van der Waals surface area contributed by atoms with Gasteiger partial charge in [-0.05, 0) is 42.2 Å². The lowest BCUT2D eigenvalue weighted by molar-refractivity contribution is -0.140. The number of alkyl halides is 1. The summed E-state index contributed by atoms with van der Waals surface area (Å²) in [6.07, 6.45) is 4.18. The molecule has 0 aliphatic heterocycles. The number of rotatable bonds is 7. The summed E-state index contributed by atoms with van der Waals surface area (Å²) in [7, 11) is 0. The van der Waals surface area contributed by atoms with Crippen LogP contribution in [0.25, 0.3) is 6.08 Å². The number of nitrogens with zero attached hydrogens (tertiary/aromatic N) is 1. The Morgan fingerprint density at radius 2 is 2.00 bits per heavy atom. The standard InChI is InChI=1S/C18H17ClFNO2/c19-10-4-7-16(11-15-8-9-17(20)21-12-15)18(22)23-13-14-5-2-1-3-6-14/h1-3,5-6,8-9,11-12H,4,7,10,13H2/b16-11-. The SMILES string of the molecule is O=C(OCc1ccccc1)/C(=C\c1ccc(F)nc1)CCCCl. The number of pyridine rings is 1. The van der Waals surface area contributed by atoms with Crippen LogP contribution in [0.4, 0.5) is 4.39 Å². The number of halogens is 2. The minimum absolute atomic E-state index is 0.208. The number of hydrogen-bond donors (Lipinski definition) is 0. The first-order chi connectivity index (χ1) is 11.2. The zero-order chi connectivity index (χ0) is 16.5. The highest BCUT2D eigenvalue weighted by molar-refractivity contribution is 6.17. The zero-order valence-corrected chi connectivity index (χ0v) is 13.3. The Hall–Kier alpha value is -2.20. The fraction of sp³-hybridized carbons (Fsp3) is 0.222. The molecule has 0 atom stereocenters. The highest BCUT2D eigenvalue weighted by atomic mass is 35.5. The molecule has 0 bridgehead atoms. The van der Waals surface area contributed by atoms with Crippen molar-refractivity contribution in [1.29, 1.82) is 0 Å². The van der Waals surface area contributed by atoms with E-state index >= 15 is 0 Å². The van der Waals surface area contributed by atoms with E-state index in [1.807, 2.05) is 30.3 Å². The lowest BCUT2D eigenvalue weighted by Crippen LogP contribution is -2.08. The molecule has 1 heterocycles. The van der Waals surface area contributed by atoms with Crippen LogP contribution < -0.4 is 0 Å². The number of esters is 1. The van der Waals surface area contributed by atoms with Crippen molar-refractivity contribution in [2.24, 2.45) is 0 Å². The predicted molar refractivity (Wildman–Crippen MR) is 88.4 cm³/mol. The molecule has 5 heteroatoms. The van der Waals surface area contributed by atoms with E-state index in [0.29, 0.717) is 29.9 Å². The van der Waals surface area contributed by atoms with E-state index in [1.54, 1.807) is 12.1 Å². The Labute approximate surface area is 139 Å². The van der Waals surface area contributed by atoms with E-state index in [4.69, 9.17) is 16.3 Å². The fourth-order valence-corrected chi connectivity index (χ4v) is 2.11. The smallest absolute Gasteiger partial charge is 0.334 e. The van der Waals surface area contributed by atoms with Gasteiger partial charge in [-0.25, -0.2) is 9.78 Å². The van der Waals surface area contributed by atoms with Crippen molar-refractivity contribution in [2.75, 3.05) is 5.88 Å². The Balaban J connectivity index is 2.07. The molecule has 23 heavy (non-hydrogen) atoms. The van der Waals surface area contributed by atoms with Gasteiger partial charge in [0, 0.05) is 17.6 Å². The lowest BCUT2D eigenvalue weighted by atomic mass is 10.1. The highest BCUT2D eigenvalue weighted by Gasteiger charge is 2.11. The molecule has 0 fully saturated rings. The van der Waals surface area contributed by atoms with Crippen molar-refractivity contribution in [1.82, 2.24) is 4.98 Å². The van der Waals surface area contributed by atoms with Crippen LogP contribution in [0, 0.1) is 5.95 Å². The van der Waals surface area contributed by atoms with Crippen molar-refractivity contribution in [3.8, 4) is 0 Å². The third-order valence-corrected chi connectivity index (χ3v) is 3.41. The number of benzene rings is 1. The van der Waals surface area contributed by atoms with Crippen LogP contribution >= 0.6 is 11.6 Å². The summed E-state index contributed by atoms with van der Waals surface area (Å²) in [5.74, 6) is -0.510. The molecular formula is C18H17ClFNO2. The summed E-state index contributed by atoms with van der Waals surface area (Å²) in [5, 5.41) is 0. The van der Waals surface area contributed by atoms with E-state index in [2.05, 4.69) is 4.98 Å². The maximum absolute atomic E-state index is 12.9. The average molecular weight is 334 g/mol. The molecule has 2 aromatic rings. The van der Waals surface area contributed by atoms with Gasteiger partial charge in [0.1, 0.15) is 6.61 Å². The van der Waals surface area contributed by atoms with Crippen molar-refractivity contribution in [2.45, 2.75) is 19.4 Å². The first-order valence-electron chi connectivity index (χ1n) is 7.28. The molecule has 0 radical (unpaired) electrons. The molecule has 0 aliphatic carbocycles. The summed E-state index contributed by atoms with van der Waals surface area (Å²) in [6, 6.07) is 12.3. The normalized spacial score (nSPS) is 11.3. The second-order valence-electron chi connectivity index (χ2n) is 4.94. The highest BCUT2D eigenvalue weighted by Crippen LogP contribution is 2.15. The molecular weight excluding hydrogens is 317 g/mol. The molecule has 0 amide bonds. The summed E-state index contributed by atoms with van der Waals surface area (Å²) in [5.41, 5.74) is 2.06. The molecule has 0 saturated carbocycles. The summed E-state index contributed by atoms with van der Waals surface area (Å²) >= 11 is 5.71. The van der Waals surface area contributed by atoms with Crippen LogP contribution in [-0.4, -0.2) is 16.8 Å². The van der Waals surface area contributed by atoms with Crippen molar-refractivity contribution in [3.63, 3.8) is 0 Å². The largest absolute Gasteiger partial charge is 0.457 e. The third-order valence-electron chi connectivity index (χ3n) is 3.15. The molecule has 1 aromatic heterocycles. The van der Waals surface area contributed by atoms with Gasteiger partial charge in [0.25, 0.3) is 0 Å². The van der Waals surface area contributed by atoms with Gasteiger partial charge in [-0.2, -0.15) is 4.39 Å². The van der Waals surface area contributed by atoms with Crippen molar-refractivity contribution in [3.05, 3.63) is 71.3 Å². The number of carbonyl (C=O) groups is 1. The maximum Gasteiger partial charge on any atom is 0.334 e. The van der Waals surface area contributed by atoms with E-state index < -0.39 is 11.9 Å². The second kappa shape index (κ2) is 9.06. The number of aromatic nitrogens is 1. The minimum atomic E-state index is -0.559. The van der Waals surface area contributed by atoms with Crippen LogP contribution in [0.3, 0.4) is 0 Å². The molecule has 0 saturated heterocycles. The van der Waals surface area contributed by atoms with Crippen molar-refractivity contribution < 1.29 is 13.9 Å². The van der Waals surface area contributed by atoms with Gasteiger partial charge in [0.05, 0.1) is 0 Å². The quantitative estimate of drug-likeness (QED) is 0.327. The predicted octanol–water partition coefficient (Wildman–Crippen LogP) is 4.37. The maximum atomic E-state index is 12.9. The number of hydrogen-bond acceptors (Lipinski definition) is 3. The molecule has 2 rings (SSSR count). The van der Waals surface area contributed by atoms with Crippen LogP contribution in [0.1, 0.15) is 24.0 Å². The molecule has 0 unspecified atom stereocenters. The van der Waals surface area contributed by atoms with Crippen LogP contribution in [0.2, 0.25) is 0 Å². The molecule has 0 spiro atoms. The monoisotopic (exact) mass is 333 g/mol. The van der Waals surface area contributed by atoms with Gasteiger partial charge in [-0.3, -0.25) is 0 Å². The number of ether oxygens (including phenoxy) is 1. The molecule has 0 aliphatic rings. The minimum Gasteiger partial charge on any atom is -0.457 e. The van der Waals surface area contributed by atoms with Crippen LogP contribution in [0.5, 0.6) is 0 Å². The Morgan fingerprint density at radius 1 is 1.22 bits per heavy atom. The summed E-state index contributed by atoms with van der Waals surface area (Å²) in [6.45, 7) is 0.208. The van der Waals surface area contributed by atoms with E-state index in [1.165, 1.54) is 12.3 Å². The van der Waals surface area contributed by atoms with Gasteiger partial charge in [-0.1, -0.05) is 30.3 Å². The molecule has 3 nitrogen and oxygen atoms in total. The van der Waals surface area contributed by atoms with Crippen LogP contribution in [-0.2, 0) is 16.1 Å². The molecule has 1 aromatic carbocycles. The first kappa shape index (κ1) is 17.2. The van der Waals surface area contributed by atoms with E-state index in [0.717, 1.165) is 5.56 Å². The fourth-order valence-electron chi connectivity index (χ4n) is 1.98. The third kappa shape index (κ3) is 5.83. The average Bonchev–Trinajstić information content (AvgIpc) is 2.59. The second-order valence-corrected chi connectivity index (χ2v) is 5.32. The first-order valence-corrected chi connectivity index (χ1v) is 7.81. The Morgan fingerprint density at radius 3 is 2.65 bits per heavy atom. The van der Waals surface area contributed by atoms with Gasteiger partial charge >= 0.3 is 5.97 Å². The summed E-state index contributed by atoms with van der Waals surface area (Å²) < 4.78 is 18.2. The molecule has 0 N–H and O–H groups in total. The van der Waals surface area contributed by atoms with Gasteiger partial charge < -0.3 is 4.74 Å². The van der Waals surface area contributed by atoms with Crippen LogP contribution in [0.15, 0.2) is 54.2 Å². The summed E-state index contributed by atoms with van der Waals surface area (Å²) in [4.78, 5) is 15.8. The Bertz CT molecular complexity index is 656. The zero-order valence-electron chi connectivity index (χ0n) is 12.5. The number of carbonyl (C=O) groups excluding carboxylic acids is 1. The Kier molecular flexibility index (Phi) is 6.76. The van der Waals surface area contributed by atoms with Gasteiger partial charge in [0.15, 0.2) is 0 Å². The van der Waals surface area contributed by atoms with Gasteiger partial charge in [-0.15, -0.1) is 11.6 Å². The van der Waals surface area contributed by atoms with Gasteiger partial charge in [0.2, 0.25) is 5.95 Å². The topological polar surface area (TPSA) is 39.2 Å². The van der Waals surface area contributed by atoms with Crippen molar-refractivity contribution >= 4 is 23.6 Å². The lowest BCUT2D eigenvalue weighted by Gasteiger charge is -2.08.